The summed E-state index contributed by atoms with van der Waals surface area (Å²) >= 11 is 0. The van der Waals surface area contributed by atoms with Crippen LogP contribution >= 0.6 is 0 Å². The van der Waals surface area contributed by atoms with Crippen molar-refractivity contribution in [3.63, 3.8) is 0 Å². The van der Waals surface area contributed by atoms with E-state index in [4.69, 9.17) is 5.73 Å². The largest absolute Gasteiger partial charge is 0.368 e. The molecule has 25 heavy (non-hydrogen) atoms. The first kappa shape index (κ1) is 14.8. The van der Waals surface area contributed by atoms with E-state index in [9.17, 15) is 5.26 Å². The van der Waals surface area contributed by atoms with E-state index in [1.807, 2.05) is 42.6 Å². The van der Waals surface area contributed by atoms with Gasteiger partial charge in [-0.1, -0.05) is 12.1 Å². The Hall–Kier alpha value is -3.72. The molecule has 0 aliphatic heterocycles. The van der Waals surface area contributed by atoms with E-state index < -0.39 is 0 Å². The fourth-order valence-corrected chi connectivity index (χ4v) is 2.95. The lowest BCUT2D eigenvalue weighted by molar-refractivity contribution is 1.02. The third kappa shape index (κ3) is 2.68. The lowest BCUT2D eigenvalue weighted by Crippen LogP contribution is -2.03. The highest BCUT2D eigenvalue weighted by Crippen LogP contribution is 2.28. The number of aromatic nitrogens is 4. The molecule has 0 unspecified atom stereocenters. The second-order valence-corrected chi connectivity index (χ2v) is 5.61. The average molecular weight is 326 g/mol. The van der Waals surface area contributed by atoms with E-state index in [1.54, 1.807) is 6.20 Å². The molecule has 2 N–H and O–H groups in total. The minimum Gasteiger partial charge on any atom is -0.368 e. The summed E-state index contributed by atoms with van der Waals surface area (Å²) in [6, 6.07) is 16.0. The van der Waals surface area contributed by atoms with E-state index in [1.165, 1.54) is 6.20 Å². The fraction of sp³-hybridized carbons (Fsp3) is 0.0526. The van der Waals surface area contributed by atoms with Gasteiger partial charge in [0.25, 0.3) is 0 Å². The molecule has 4 heterocycles. The number of anilines is 1. The molecule has 0 radical (unpaired) electrons. The third-order valence-corrected chi connectivity index (χ3v) is 4.03. The van der Waals surface area contributed by atoms with Gasteiger partial charge in [-0.25, -0.2) is 9.97 Å². The molecule has 0 fully saturated rings. The first-order valence-corrected chi connectivity index (χ1v) is 7.78. The Labute approximate surface area is 144 Å². The van der Waals surface area contributed by atoms with E-state index in [0.29, 0.717) is 17.7 Å². The Morgan fingerprint density at radius 1 is 1.12 bits per heavy atom. The second kappa shape index (κ2) is 6.06. The number of hydrogen-bond donors (Lipinski definition) is 1. The number of nitrogens with zero attached hydrogens (tertiary/aromatic N) is 5. The fourth-order valence-electron chi connectivity index (χ4n) is 2.95. The van der Waals surface area contributed by atoms with E-state index in [-0.39, 0.29) is 5.95 Å². The molecule has 6 nitrogen and oxygen atoms in total. The lowest BCUT2D eigenvalue weighted by atomic mass is 10.0. The summed E-state index contributed by atoms with van der Waals surface area (Å²) in [5.41, 5.74) is 10.7. The Bertz CT molecular complexity index is 1090. The first-order valence-electron chi connectivity index (χ1n) is 7.78. The normalized spacial score (nSPS) is 10.7. The molecule has 0 aliphatic rings. The maximum absolute atomic E-state index is 9.33. The smallest absolute Gasteiger partial charge is 0.220 e. The van der Waals surface area contributed by atoms with Crippen molar-refractivity contribution in [3.05, 3.63) is 77.9 Å². The Balaban J connectivity index is 1.91. The van der Waals surface area contributed by atoms with Crippen LogP contribution in [-0.4, -0.2) is 19.4 Å². The maximum atomic E-state index is 9.33. The van der Waals surface area contributed by atoms with Crippen molar-refractivity contribution in [1.29, 1.82) is 5.26 Å². The van der Waals surface area contributed by atoms with Crippen LogP contribution in [0.25, 0.3) is 16.9 Å². The minimum atomic E-state index is 0.164. The molecular weight excluding hydrogens is 312 g/mol. The molecule has 6 heteroatoms. The third-order valence-electron chi connectivity index (χ3n) is 4.03. The molecular formula is C19H14N6. The van der Waals surface area contributed by atoms with Gasteiger partial charge in [0, 0.05) is 24.3 Å². The van der Waals surface area contributed by atoms with Crippen LogP contribution in [0.15, 0.2) is 61.1 Å². The van der Waals surface area contributed by atoms with Crippen molar-refractivity contribution in [1.82, 2.24) is 19.4 Å². The summed E-state index contributed by atoms with van der Waals surface area (Å²) in [6.45, 7) is 0. The molecule has 0 bridgehead atoms. The van der Waals surface area contributed by atoms with Crippen LogP contribution in [0.4, 0.5) is 5.95 Å². The molecule has 0 saturated heterocycles. The lowest BCUT2D eigenvalue weighted by Gasteiger charge is -2.07. The van der Waals surface area contributed by atoms with Crippen molar-refractivity contribution in [2.45, 2.75) is 6.42 Å². The Morgan fingerprint density at radius 2 is 2.00 bits per heavy atom. The summed E-state index contributed by atoms with van der Waals surface area (Å²) in [6.07, 6.45) is 5.71. The number of fused-ring (bicyclic) bond motifs is 1. The van der Waals surface area contributed by atoms with E-state index >= 15 is 0 Å². The minimum absolute atomic E-state index is 0.164. The topological polar surface area (TPSA) is 92.9 Å². The number of nitrogens with two attached hydrogens (primary N) is 1. The van der Waals surface area contributed by atoms with Crippen molar-refractivity contribution in [3.8, 4) is 17.5 Å². The van der Waals surface area contributed by atoms with Crippen LogP contribution in [0.5, 0.6) is 0 Å². The molecule has 0 amide bonds. The van der Waals surface area contributed by atoms with Gasteiger partial charge in [-0.05, 0) is 35.9 Å². The van der Waals surface area contributed by atoms with Gasteiger partial charge < -0.3 is 10.1 Å². The quantitative estimate of drug-likeness (QED) is 0.625. The van der Waals surface area contributed by atoms with Crippen LogP contribution < -0.4 is 5.73 Å². The van der Waals surface area contributed by atoms with Gasteiger partial charge >= 0.3 is 0 Å². The standard InChI is InChI=1S/C19H14N6/c20-11-14-12-23-19(21)24-17(14)10-13-9-15-5-2-4-8-25(15)18(13)16-6-1-3-7-22-16/h1-9,12H,10H2,(H2,21,23,24). The van der Waals surface area contributed by atoms with E-state index in [0.717, 1.165) is 22.5 Å². The summed E-state index contributed by atoms with van der Waals surface area (Å²) in [4.78, 5) is 12.7. The van der Waals surface area contributed by atoms with Crippen molar-refractivity contribution < 1.29 is 0 Å². The molecule has 0 aliphatic carbocycles. The van der Waals surface area contributed by atoms with Gasteiger partial charge in [0.15, 0.2) is 0 Å². The summed E-state index contributed by atoms with van der Waals surface area (Å²) in [7, 11) is 0. The zero-order valence-electron chi connectivity index (χ0n) is 13.3. The van der Waals surface area contributed by atoms with Crippen LogP contribution in [-0.2, 0) is 6.42 Å². The van der Waals surface area contributed by atoms with Crippen LogP contribution in [0.3, 0.4) is 0 Å². The van der Waals surface area contributed by atoms with Crippen molar-refractivity contribution in [2.75, 3.05) is 5.73 Å². The highest BCUT2D eigenvalue weighted by Gasteiger charge is 2.16. The molecule has 4 aromatic rings. The SMILES string of the molecule is N#Cc1cnc(N)nc1Cc1cc2ccccn2c1-c1ccccn1. The van der Waals surface area contributed by atoms with Crippen molar-refractivity contribution >= 4 is 11.5 Å². The summed E-state index contributed by atoms with van der Waals surface area (Å²) < 4.78 is 2.09. The van der Waals surface area contributed by atoms with Gasteiger partial charge in [0.1, 0.15) is 6.07 Å². The molecule has 120 valence electrons. The summed E-state index contributed by atoms with van der Waals surface area (Å²) in [5, 5.41) is 9.33. The molecule has 4 aromatic heterocycles. The summed E-state index contributed by atoms with van der Waals surface area (Å²) in [5.74, 6) is 0.164. The predicted octanol–water partition coefficient (Wildman–Crippen LogP) is 2.84. The molecule has 0 saturated carbocycles. The van der Waals surface area contributed by atoms with Gasteiger partial charge in [0.2, 0.25) is 5.95 Å². The monoisotopic (exact) mass is 326 g/mol. The number of nitriles is 1. The molecule has 4 rings (SSSR count). The number of pyridine rings is 2. The first-order chi connectivity index (χ1) is 12.3. The average Bonchev–Trinajstić information content (AvgIpc) is 3.00. The zero-order chi connectivity index (χ0) is 17.2. The number of hydrogen-bond acceptors (Lipinski definition) is 5. The highest BCUT2D eigenvalue weighted by atomic mass is 15.0. The maximum Gasteiger partial charge on any atom is 0.220 e. The Kier molecular flexibility index (Phi) is 3.60. The predicted molar refractivity (Wildman–Crippen MR) is 94.6 cm³/mol. The van der Waals surface area contributed by atoms with E-state index in [2.05, 4.69) is 31.5 Å². The van der Waals surface area contributed by atoms with Gasteiger partial charge in [0.05, 0.1) is 28.8 Å². The van der Waals surface area contributed by atoms with Crippen molar-refractivity contribution in [2.24, 2.45) is 0 Å². The van der Waals surface area contributed by atoms with Crippen LogP contribution in [0.2, 0.25) is 0 Å². The molecule has 0 spiro atoms. The Morgan fingerprint density at radius 3 is 2.80 bits per heavy atom. The number of nitrogen functional groups attached to an aromatic ring is 1. The molecule has 0 aromatic carbocycles. The molecule has 0 atom stereocenters. The van der Waals surface area contributed by atoms with Crippen LogP contribution in [0.1, 0.15) is 16.8 Å². The number of rotatable bonds is 3. The second-order valence-electron chi connectivity index (χ2n) is 5.61. The highest BCUT2D eigenvalue weighted by molar-refractivity contribution is 5.70. The van der Waals surface area contributed by atoms with Gasteiger partial charge in [-0.3, -0.25) is 4.98 Å². The van der Waals surface area contributed by atoms with Crippen LogP contribution in [0, 0.1) is 11.3 Å². The van der Waals surface area contributed by atoms with Gasteiger partial charge in [-0.2, -0.15) is 5.26 Å². The zero-order valence-corrected chi connectivity index (χ0v) is 13.3. The van der Waals surface area contributed by atoms with Gasteiger partial charge in [-0.15, -0.1) is 0 Å².